The van der Waals surface area contributed by atoms with E-state index in [0.717, 1.165) is 45.2 Å². The first-order valence-corrected chi connectivity index (χ1v) is 11.5. The smallest absolute Gasteiger partial charge is 0.194 e. The van der Waals surface area contributed by atoms with Crippen molar-refractivity contribution in [1.29, 1.82) is 0 Å². The van der Waals surface area contributed by atoms with Gasteiger partial charge in [-0.3, -0.25) is 4.68 Å². The zero-order valence-electron chi connectivity index (χ0n) is 19.3. The van der Waals surface area contributed by atoms with Gasteiger partial charge in [0.15, 0.2) is 5.96 Å². The number of guanidine groups is 1. The summed E-state index contributed by atoms with van der Waals surface area (Å²) >= 11 is 0. The maximum absolute atomic E-state index is 5.99. The Hall–Kier alpha value is -2.39. The van der Waals surface area contributed by atoms with E-state index in [1.165, 1.54) is 16.7 Å². The van der Waals surface area contributed by atoms with Crippen LogP contribution in [-0.4, -0.2) is 46.9 Å². The fourth-order valence-electron chi connectivity index (χ4n) is 4.10. The molecule has 0 bridgehead atoms. The summed E-state index contributed by atoms with van der Waals surface area (Å²) in [5, 5.41) is 7.82. The third-order valence-corrected chi connectivity index (χ3v) is 5.79. The summed E-state index contributed by atoms with van der Waals surface area (Å²) in [5.74, 6) is 1.53. The van der Waals surface area contributed by atoms with Crippen molar-refractivity contribution in [3.8, 4) is 0 Å². The summed E-state index contributed by atoms with van der Waals surface area (Å²) in [6, 6.07) is 20.8. The molecule has 6 nitrogen and oxygen atoms in total. The van der Waals surface area contributed by atoms with Gasteiger partial charge in [-0.25, -0.2) is 4.99 Å². The van der Waals surface area contributed by atoms with E-state index in [0.29, 0.717) is 19.1 Å². The molecule has 1 unspecified atom stereocenters. The number of aliphatic imine (C=N–C) groups is 1. The Morgan fingerprint density at radius 3 is 2.64 bits per heavy atom. The van der Waals surface area contributed by atoms with Gasteiger partial charge in [-0.2, -0.15) is 5.10 Å². The maximum atomic E-state index is 5.99. The topological polar surface area (TPSA) is 54.7 Å². The highest BCUT2D eigenvalue weighted by Crippen LogP contribution is 2.18. The lowest BCUT2D eigenvalue weighted by atomic mass is 10.1. The Morgan fingerprint density at radius 1 is 1.09 bits per heavy atom. The molecular formula is C26H34IN5O. The summed E-state index contributed by atoms with van der Waals surface area (Å²) in [6.07, 6.45) is 4.95. The first-order valence-electron chi connectivity index (χ1n) is 11.5. The second-order valence-corrected chi connectivity index (χ2v) is 8.24. The van der Waals surface area contributed by atoms with E-state index in [4.69, 9.17) is 9.73 Å². The fraction of sp³-hybridized carbons (Fsp3) is 0.385. The van der Waals surface area contributed by atoms with E-state index in [9.17, 15) is 0 Å². The Labute approximate surface area is 214 Å². The lowest BCUT2D eigenvalue weighted by Crippen LogP contribution is -2.40. The lowest BCUT2D eigenvalue weighted by molar-refractivity contribution is 0.0906. The van der Waals surface area contributed by atoms with Crippen molar-refractivity contribution in [3.63, 3.8) is 0 Å². The number of rotatable bonds is 9. The monoisotopic (exact) mass is 559 g/mol. The Bertz CT molecular complexity index is 977. The minimum Gasteiger partial charge on any atom is -0.376 e. The second-order valence-electron chi connectivity index (χ2n) is 8.24. The van der Waals surface area contributed by atoms with Gasteiger partial charge in [0.05, 0.1) is 26.3 Å². The van der Waals surface area contributed by atoms with E-state index < -0.39 is 0 Å². The molecule has 0 spiro atoms. The van der Waals surface area contributed by atoms with E-state index >= 15 is 0 Å². The SMILES string of the molecule is CCNC(=NCc1ccccc1Cn1cccn1)N1CCC(COCc2ccccc2)C1.I. The van der Waals surface area contributed by atoms with Crippen LogP contribution in [0.3, 0.4) is 0 Å². The molecule has 0 aliphatic carbocycles. The van der Waals surface area contributed by atoms with Crippen molar-refractivity contribution in [2.75, 3.05) is 26.2 Å². The van der Waals surface area contributed by atoms with Gasteiger partial charge in [-0.15, -0.1) is 24.0 Å². The summed E-state index contributed by atoms with van der Waals surface area (Å²) in [7, 11) is 0. The van der Waals surface area contributed by atoms with Crippen molar-refractivity contribution in [2.45, 2.75) is 33.0 Å². The first kappa shape index (κ1) is 25.2. The van der Waals surface area contributed by atoms with E-state index in [1.807, 2.05) is 29.2 Å². The zero-order valence-corrected chi connectivity index (χ0v) is 21.6. The van der Waals surface area contributed by atoms with Crippen LogP contribution in [-0.2, 0) is 24.4 Å². The molecular weight excluding hydrogens is 525 g/mol. The molecule has 1 N–H and O–H groups in total. The number of hydrogen-bond donors (Lipinski definition) is 1. The van der Waals surface area contributed by atoms with E-state index in [-0.39, 0.29) is 24.0 Å². The van der Waals surface area contributed by atoms with Gasteiger partial charge < -0.3 is 15.0 Å². The average Bonchev–Trinajstić information content (AvgIpc) is 3.51. The lowest BCUT2D eigenvalue weighted by Gasteiger charge is -2.22. The minimum absolute atomic E-state index is 0. The standard InChI is InChI=1S/C26H33N5O.HI/c1-2-27-26(28-17-24-11-6-7-12-25(24)19-31-15-8-14-29-31)30-16-13-23(18-30)21-32-20-22-9-4-3-5-10-22;/h3-12,14-15,23H,2,13,16-21H2,1H3,(H,27,28);1H. The molecule has 0 radical (unpaired) electrons. The summed E-state index contributed by atoms with van der Waals surface area (Å²) in [5.41, 5.74) is 3.72. The molecule has 176 valence electrons. The molecule has 2 heterocycles. The maximum Gasteiger partial charge on any atom is 0.194 e. The van der Waals surface area contributed by atoms with Crippen LogP contribution in [0, 0.1) is 5.92 Å². The Balaban J connectivity index is 0.00000306. The van der Waals surface area contributed by atoms with Gasteiger partial charge in [0.2, 0.25) is 0 Å². The number of nitrogens with zero attached hydrogens (tertiary/aromatic N) is 4. The molecule has 1 aliphatic rings. The van der Waals surface area contributed by atoms with Crippen molar-refractivity contribution in [3.05, 3.63) is 89.7 Å². The van der Waals surface area contributed by atoms with E-state index in [1.54, 1.807) is 0 Å². The van der Waals surface area contributed by atoms with E-state index in [2.05, 4.69) is 70.8 Å². The van der Waals surface area contributed by atoms with Gasteiger partial charge in [-0.05, 0) is 36.1 Å². The van der Waals surface area contributed by atoms with Crippen LogP contribution in [0.15, 0.2) is 78.0 Å². The molecule has 33 heavy (non-hydrogen) atoms. The first-order chi connectivity index (χ1) is 15.8. The third kappa shape index (κ3) is 7.57. The zero-order chi connectivity index (χ0) is 22.0. The van der Waals surface area contributed by atoms with Crippen LogP contribution in [0.1, 0.15) is 30.0 Å². The Kier molecular flexibility index (Phi) is 10.2. The largest absolute Gasteiger partial charge is 0.376 e. The summed E-state index contributed by atoms with van der Waals surface area (Å²) in [4.78, 5) is 7.35. The normalized spacial score (nSPS) is 16.0. The van der Waals surface area contributed by atoms with Gasteiger partial charge in [-0.1, -0.05) is 54.6 Å². The number of benzene rings is 2. The van der Waals surface area contributed by atoms with Crippen LogP contribution in [0.4, 0.5) is 0 Å². The number of ether oxygens (including phenoxy) is 1. The van der Waals surface area contributed by atoms with Crippen molar-refractivity contribution in [1.82, 2.24) is 20.0 Å². The van der Waals surface area contributed by atoms with Crippen molar-refractivity contribution < 1.29 is 4.74 Å². The average molecular weight is 559 g/mol. The number of aromatic nitrogens is 2. The highest BCUT2D eigenvalue weighted by Gasteiger charge is 2.25. The third-order valence-electron chi connectivity index (χ3n) is 5.79. The second kappa shape index (κ2) is 13.3. The molecule has 2 aromatic carbocycles. The molecule has 4 rings (SSSR count). The fourth-order valence-corrected chi connectivity index (χ4v) is 4.10. The van der Waals surface area contributed by atoms with Crippen LogP contribution in [0.5, 0.6) is 0 Å². The number of likely N-dealkylation sites (tertiary alicyclic amines) is 1. The molecule has 3 aromatic rings. The predicted octanol–water partition coefficient (Wildman–Crippen LogP) is 4.55. The van der Waals surface area contributed by atoms with Gasteiger partial charge in [0.1, 0.15) is 0 Å². The molecule has 1 saturated heterocycles. The molecule has 7 heteroatoms. The van der Waals surface area contributed by atoms with Crippen molar-refractivity contribution in [2.24, 2.45) is 10.9 Å². The number of halogens is 1. The molecule has 1 atom stereocenters. The van der Waals surface area contributed by atoms with Gasteiger partial charge >= 0.3 is 0 Å². The molecule has 1 aromatic heterocycles. The van der Waals surface area contributed by atoms with Crippen molar-refractivity contribution >= 4 is 29.9 Å². The molecule has 0 amide bonds. The Morgan fingerprint density at radius 2 is 1.88 bits per heavy atom. The van der Waals surface area contributed by atoms with Gasteiger partial charge in [0, 0.05) is 37.9 Å². The highest BCUT2D eigenvalue weighted by atomic mass is 127. The molecule has 1 aliphatic heterocycles. The minimum atomic E-state index is 0. The number of nitrogens with one attached hydrogen (secondary N) is 1. The quantitative estimate of drug-likeness (QED) is 0.238. The summed E-state index contributed by atoms with van der Waals surface area (Å²) < 4.78 is 7.94. The molecule has 1 fully saturated rings. The van der Waals surface area contributed by atoms with Crippen LogP contribution >= 0.6 is 24.0 Å². The van der Waals surface area contributed by atoms with Crippen LogP contribution in [0.2, 0.25) is 0 Å². The van der Waals surface area contributed by atoms with Crippen LogP contribution < -0.4 is 5.32 Å². The highest BCUT2D eigenvalue weighted by molar-refractivity contribution is 14.0. The predicted molar refractivity (Wildman–Crippen MR) is 144 cm³/mol. The number of hydrogen-bond acceptors (Lipinski definition) is 3. The van der Waals surface area contributed by atoms with Gasteiger partial charge in [0.25, 0.3) is 0 Å². The molecule has 0 saturated carbocycles. The summed E-state index contributed by atoms with van der Waals surface area (Å²) in [6.45, 7) is 7.87. The van der Waals surface area contributed by atoms with Crippen LogP contribution in [0.25, 0.3) is 0 Å².